The van der Waals surface area contributed by atoms with Crippen LogP contribution in [0.15, 0.2) is 77.9 Å². The lowest BCUT2D eigenvalue weighted by molar-refractivity contribution is -0.138. The molecule has 0 unspecified atom stereocenters. The quantitative estimate of drug-likeness (QED) is 0.252. The van der Waals surface area contributed by atoms with Crippen molar-refractivity contribution in [2.75, 3.05) is 10.1 Å². The highest BCUT2D eigenvalue weighted by molar-refractivity contribution is 7.92. The van der Waals surface area contributed by atoms with Gasteiger partial charge in [-0.15, -0.1) is 0 Å². The number of nitrogens with zero attached hydrogens (tertiary/aromatic N) is 3. The van der Waals surface area contributed by atoms with Gasteiger partial charge in [0.2, 0.25) is 10.0 Å². The molecule has 0 fully saturated rings. The minimum absolute atomic E-state index is 0.0520. The summed E-state index contributed by atoms with van der Waals surface area (Å²) >= 11 is 0. The molecule has 35 heavy (non-hydrogen) atoms. The van der Waals surface area contributed by atoms with Gasteiger partial charge in [0.1, 0.15) is 6.04 Å². The highest BCUT2D eigenvalue weighted by Gasteiger charge is 2.35. The third-order valence-corrected chi connectivity index (χ3v) is 7.40. The molecule has 9 heteroatoms. The largest absolute Gasteiger partial charge is 0.480 e. The second-order valence-electron chi connectivity index (χ2n) is 7.90. The Kier molecular flexibility index (Phi) is 8.23. The molecule has 0 heterocycles. The van der Waals surface area contributed by atoms with E-state index >= 15 is 0 Å². The molecule has 3 aromatic carbocycles. The molecule has 3 rings (SSSR count). The summed E-state index contributed by atoms with van der Waals surface area (Å²) in [7, 11) is -3.95. The Bertz CT molecular complexity index is 1360. The number of rotatable bonds is 10. The maximum Gasteiger partial charge on any atom is 0.327 e. The lowest BCUT2D eigenvalue weighted by atomic mass is 10.00. The first-order valence-electron chi connectivity index (χ1n) is 11.0. The van der Waals surface area contributed by atoms with Gasteiger partial charge in [-0.2, -0.15) is 10.4 Å². The number of hydrogen-bond donors (Lipinski definition) is 2. The Morgan fingerprint density at radius 2 is 1.86 bits per heavy atom. The fourth-order valence-electron chi connectivity index (χ4n) is 3.89. The van der Waals surface area contributed by atoms with Crippen LogP contribution in [0.1, 0.15) is 30.0 Å². The van der Waals surface area contributed by atoms with Gasteiger partial charge < -0.3 is 10.9 Å². The number of hydrazone groups is 1. The van der Waals surface area contributed by atoms with Crippen molar-refractivity contribution >= 4 is 27.9 Å². The van der Waals surface area contributed by atoms with Crippen molar-refractivity contribution in [1.29, 1.82) is 5.26 Å². The first-order chi connectivity index (χ1) is 16.8. The fourth-order valence-corrected chi connectivity index (χ4v) is 5.60. The molecule has 0 saturated carbocycles. The zero-order valence-corrected chi connectivity index (χ0v) is 20.0. The Morgan fingerprint density at radius 3 is 2.49 bits per heavy atom. The van der Waals surface area contributed by atoms with Gasteiger partial charge in [-0.1, -0.05) is 61.5 Å². The second-order valence-corrected chi connectivity index (χ2v) is 9.86. The molecule has 3 aromatic rings. The average molecular weight is 491 g/mol. The van der Waals surface area contributed by atoms with E-state index in [0.717, 1.165) is 9.87 Å². The molecular weight excluding hydrogens is 464 g/mol. The van der Waals surface area contributed by atoms with E-state index in [1.807, 2.05) is 6.07 Å². The van der Waals surface area contributed by atoms with Gasteiger partial charge in [-0.3, -0.25) is 4.31 Å². The molecule has 0 aliphatic heterocycles. The van der Waals surface area contributed by atoms with Crippen LogP contribution in [0.25, 0.3) is 11.1 Å². The predicted octanol–water partition coefficient (Wildman–Crippen LogP) is 3.76. The summed E-state index contributed by atoms with van der Waals surface area (Å²) < 4.78 is 27.5. The molecule has 0 aliphatic carbocycles. The van der Waals surface area contributed by atoms with Crippen LogP contribution in [0.3, 0.4) is 0 Å². The molecule has 0 radical (unpaired) electrons. The summed E-state index contributed by atoms with van der Waals surface area (Å²) in [6.45, 7) is 1.73. The highest BCUT2D eigenvalue weighted by Crippen LogP contribution is 2.29. The molecule has 3 N–H and O–H groups in total. The van der Waals surface area contributed by atoms with Crippen molar-refractivity contribution in [2.45, 2.75) is 25.8 Å². The van der Waals surface area contributed by atoms with E-state index in [1.54, 1.807) is 73.7 Å². The van der Waals surface area contributed by atoms with Crippen LogP contribution in [0.2, 0.25) is 0 Å². The van der Waals surface area contributed by atoms with Crippen molar-refractivity contribution in [1.82, 2.24) is 0 Å². The van der Waals surface area contributed by atoms with Crippen LogP contribution in [-0.4, -0.2) is 37.5 Å². The Hall–Kier alpha value is -4.16. The molecule has 0 saturated heterocycles. The van der Waals surface area contributed by atoms with E-state index in [9.17, 15) is 23.6 Å². The fraction of sp³-hybridized carbons (Fsp3) is 0.192. The molecule has 0 amide bonds. The van der Waals surface area contributed by atoms with Gasteiger partial charge in [-0.05, 0) is 46.9 Å². The van der Waals surface area contributed by atoms with Crippen LogP contribution in [-0.2, 0) is 21.2 Å². The maximum atomic E-state index is 13.3. The molecule has 0 aromatic heterocycles. The standard InChI is InChI=1S/C26H26N4O4S/c1-2-14-35(33,34)30(25(26(31)32)16-19-6-5-7-20(15-19)18-29-28)23-12-10-21(11-13-23)24-9-4-3-8-22(24)17-27/h3-13,15,18,25H,2,14,16,28H2,1H3,(H,31,32)/t25-/m0/s1. The monoisotopic (exact) mass is 490 g/mol. The third-order valence-electron chi connectivity index (χ3n) is 5.41. The second kappa shape index (κ2) is 11.3. The van der Waals surface area contributed by atoms with E-state index in [1.165, 1.54) is 6.21 Å². The number of nitriles is 1. The minimum Gasteiger partial charge on any atom is -0.480 e. The van der Waals surface area contributed by atoms with Gasteiger partial charge in [0, 0.05) is 6.42 Å². The lowest BCUT2D eigenvalue weighted by Gasteiger charge is -2.30. The van der Waals surface area contributed by atoms with Crippen LogP contribution in [0.4, 0.5) is 5.69 Å². The van der Waals surface area contributed by atoms with Crippen LogP contribution >= 0.6 is 0 Å². The number of anilines is 1. The predicted molar refractivity (Wildman–Crippen MR) is 137 cm³/mol. The number of carbonyl (C=O) groups is 1. The van der Waals surface area contributed by atoms with E-state index in [2.05, 4.69) is 11.2 Å². The summed E-state index contributed by atoms with van der Waals surface area (Å²) in [5.41, 5.74) is 3.46. The minimum atomic E-state index is -3.95. The van der Waals surface area contributed by atoms with Crippen molar-refractivity contribution in [3.63, 3.8) is 0 Å². The highest BCUT2D eigenvalue weighted by atomic mass is 32.2. The maximum absolute atomic E-state index is 13.3. The summed E-state index contributed by atoms with van der Waals surface area (Å²) in [6, 6.07) is 21.3. The van der Waals surface area contributed by atoms with Gasteiger partial charge in [0.25, 0.3) is 0 Å². The summed E-state index contributed by atoms with van der Waals surface area (Å²) in [6.07, 6.45) is 1.72. The number of hydrogen-bond acceptors (Lipinski definition) is 6. The molecule has 0 spiro atoms. The molecule has 180 valence electrons. The number of sulfonamides is 1. The summed E-state index contributed by atoms with van der Waals surface area (Å²) in [5, 5.41) is 23.0. The smallest absolute Gasteiger partial charge is 0.327 e. The number of carboxylic acids is 1. The van der Waals surface area contributed by atoms with E-state index < -0.39 is 22.0 Å². The van der Waals surface area contributed by atoms with Crippen LogP contribution < -0.4 is 10.1 Å². The molecule has 1 atom stereocenters. The van der Waals surface area contributed by atoms with Gasteiger partial charge in [0.15, 0.2) is 0 Å². The molecular formula is C26H26N4O4S. The number of carboxylic acid groups (broad SMARTS) is 1. The van der Waals surface area contributed by atoms with E-state index in [0.29, 0.717) is 28.7 Å². The van der Waals surface area contributed by atoms with Crippen LogP contribution in [0.5, 0.6) is 0 Å². The Balaban J connectivity index is 2.06. The first kappa shape index (κ1) is 25.5. The Labute approximate surface area is 205 Å². The Morgan fingerprint density at radius 1 is 1.14 bits per heavy atom. The van der Waals surface area contributed by atoms with E-state index in [4.69, 9.17) is 5.84 Å². The average Bonchev–Trinajstić information content (AvgIpc) is 2.84. The van der Waals surface area contributed by atoms with Gasteiger partial charge >= 0.3 is 5.97 Å². The van der Waals surface area contributed by atoms with Crippen molar-refractivity contribution < 1.29 is 18.3 Å². The lowest BCUT2D eigenvalue weighted by Crippen LogP contribution is -2.47. The number of aliphatic carboxylic acids is 1. The summed E-state index contributed by atoms with van der Waals surface area (Å²) in [4.78, 5) is 12.4. The number of nitrogens with two attached hydrogens (primary N) is 1. The van der Waals surface area contributed by atoms with Gasteiger partial charge in [0.05, 0.1) is 29.3 Å². The normalized spacial score (nSPS) is 12.2. The molecule has 0 bridgehead atoms. The van der Waals surface area contributed by atoms with Gasteiger partial charge in [-0.25, -0.2) is 13.2 Å². The summed E-state index contributed by atoms with van der Waals surface area (Å²) in [5.74, 6) is 3.76. The van der Waals surface area contributed by atoms with Crippen LogP contribution in [0, 0.1) is 11.3 Å². The zero-order chi connectivity index (χ0) is 25.4. The first-order valence-corrected chi connectivity index (χ1v) is 12.6. The molecule has 0 aliphatic rings. The number of benzene rings is 3. The van der Waals surface area contributed by atoms with Crippen molar-refractivity contribution in [3.8, 4) is 17.2 Å². The zero-order valence-electron chi connectivity index (χ0n) is 19.2. The SMILES string of the molecule is CCCS(=O)(=O)N(c1ccc(-c2ccccc2C#N)cc1)[C@@H](Cc1cccc(C=NN)c1)C(=O)O. The topological polar surface area (TPSA) is 137 Å². The third kappa shape index (κ3) is 6.05. The molecule has 8 nitrogen and oxygen atoms in total. The van der Waals surface area contributed by atoms with Crippen molar-refractivity contribution in [2.24, 2.45) is 10.9 Å². The van der Waals surface area contributed by atoms with E-state index in [-0.39, 0.29) is 17.9 Å². The van der Waals surface area contributed by atoms with Crippen molar-refractivity contribution in [3.05, 3.63) is 89.5 Å².